The summed E-state index contributed by atoms with van der Waals surface area (Å²) in [6.45, 7) is 0. The van der Waals surface area contributed by atoms with E-state index in [2.05, 4.69) is 0 Å². The Balaban J connectivity index is 1.84. The van der Waals surface area contributed by atoms with E-state index in [1.165, 1.54) is 17.0 Å². The van der Waals surface area contributed by atoms with Crippen LogP contribution in [0.5, 0.6) is 0 Å². The Morgan fingerprint density at radius 3 is 2.09 bits per heavy atom. The monoisotopic (exact) mass is 465 g/mol. The van der Waals surface area contributed by atoms with E-state index < -0.39 is 28.5 Å². The lowest BCUT2D eigenvalue weighted by Crippen LogP contribution is -2.64. The smallest absolute Gasteiger partial charge is 0.241 e. The number of aliphatic hydroxyl groups is 1. The number of amides is 1. The summed E-state index contributed by atoms with van der Waals surface area (Å²) in [5, 5.41) is 12.5. The van der Waals surface area contributed by atoms with Gasteiger partial charge in [-0.15, -0.1) is 0 Å². The molecular formula is C25H17Cl2NO4. The van der Waals surface area contributed by atoms with Gasteiger partial charge in [0.1, 0.15) is 5.41 Å². The molecule has 3 aromatic rings. The highest BCUT2D eigenvalue weighted by Crippen LogP contribution is 2.54. The van der Waals surface area contributed by atoms with Crippen molar-refractivity contribution in [2.75, 3.05) is 11.9 Å². The molecule has 7 heteroatoms. The third-order valence-electron chi connectivity index (χ3n) is 6.57. The minimum absolute atomic E-state index is 0.0939. The average Bonchev–Trinajstić information content (AvgIpc) is 3.15. The maximum atomic E-state index is 13.9. The molecule has 1 amide bonds. The third kappa shape index (κ3) is 2.41. The third-order valence-corrected chi connectivity index (χ3v) is 7.43. The van der Waals surface area contributed by atoms with Gasteiger partial charge in [-0.05, 0) is 29.7 Å². The lowest BCUT2D eigenvalue weighted by molar-refractivity contribution is -0.128. The van der Waals surface area contributed by atoms with Crippen LogP contribution in [0.4, 0.5) is 5.69 Å². The summed E-state index contributed by atoms with van der Waals surface area (Å²) in [6.07, 6.45) is -0.186. The molecule has 5 nitrogen and oxygen atoms in total. The normalized spacial score (nSPS) is 21.1. The van der Waals surface area contributed by atoms with Crippen molar-refractivity contribution in [1.29, 1.82) is 0 Å². The molecule has 0 spiro atoms. The van der Waals surface area contributed by atoms with Crippen LogP contribution in [0.3, 0.4) is 0 Å². The fourth-order valence-electron chi connectivity index (χ4n) is 5.02. The second-order valence-electron chi connectivity index (χ2n) is 8.09. The average molecular weight is 466 g/mol. The van der Waals surface area contributed by atoms with Crippen molar-refractivity contribution in [3.63, 3.8) is 0 Å². The fourth-order valence-corrected chi connectivity index (χ4v) is 5.40. The summed E-state index contributed by atoms with van der Waals surface area (Å²) in [7, 11) is 1.56. The Hall–Kier alpha value is -2.99. The van der Waals surface area contributed by atoms with Crippen LogP contribution in [0.2, 0.25) is 10.0 Å². The quantitative estimate of drug-likeness (QED) is 0.586. The molecule has 1 N–H and O–H groups in total. The van der Waals surface area contributed by atoms with Gasteiger partial charge in [-0.25, -0.2) is 0 Å². The van der Waals surface area contributed by atoms with Gasteiger partial charge in [0.2, 0.25) is 23.1 Å². The number of para-hydroxylation sites is 1. The molecule has 1 aliphatic carbocycles. The number of nitrogens with zero attached hydrogens (tertiary/aromatic N) is 1. The summed E-state index contributed by atoms with van der Waals surface area (Å²) in [4.78, 5) is 42.5. The molecule has 160 valence electrons. The van der Waals surface area contributed by atoms with Crippen LogP contribution in [0.1, 0.15) is 31.8 Å². The van der Waals surface area contributed by atoms with Crippen LogP contribution in [-0.2, 0) is 16.6 Å². The summed E-state index contributed by atoms with van der Waals surface area (Å²) in [6, 6.07) is 18.0. The van der Waals surface area contributed by atoms with Gasteiger partial charge in [0.25, 0.3) is 0 Å². The van der Waals surface area contributed by atoms with E-state index in [-0.39, 0.29) is 27.6 Å². The highest BCUT2D eigenvalue weighted by atomic mass is 35.5. The Kier molecular flexibility index (Phi) is 4.57. The van der Waals surface area contributed by atoms with Crippen molar-refractivity contribution in [2.45, 2.75) is 17.4 Å². The number of halogens is 2. The molecule has 3 aromatic carbocycles. The number of hydrogen-bond donors (Lipinski definition) is 1. The zero-order chi connectivity index (χ0) is 22.8. The van der Waals surface area contributed by atoms with Crippen LogP contribution in [-0.4, -0.2) is 35.2 Å². The van der Waals surface area contributed by atoms with Gasteiger partial charge in [0.15, 0.2) is 0 Å². The van der Waals surface area contributed by atoms with Crippen LogP contribution in [0.25, 0.3) is 0 Å². The van der Waals surface area contributed by atoms with Gasteiger partial charge < -0.3 is 10.0 Å². The van der Waals surface area contributed by atoms with Crippen molar-refractivity contribution in [1.82, 2.24) is 0 Å². The topological polar surface area (TPSA) is 74.7 Å². The second-order valence-corrected chi connectivity index (χ2v) is 8.88. The molecule has 0 radical (unpaired) electrons. The number of rotatable bonds is 3. The van der Waals surface area contributed by atoms with Crippen molar-refractivity contribution in [3.05, 3.63) is 99.0 Å². The molecule has 1 atom stereocenters. The Morgan fingerprint density at radius 2 is 1.44 bits per heavy atom. The van der Waals surface area contributed by atoms with Gasteiger partial charge in [0.05, 0.1) is 10.0 Å². The minimum atomic E-state index is -2.64. The van der Waals surface area contributed by atoms with E-state index in [0.29, 0.717) is 16.8 Å². The van der Waals surface area contributed by atoms with E-state index in [1.807, 2.05) is 0 Å². The second kappa shape index (κ2) is 7.01. The Morgan fingerprint density at radius 1 is 0.844 bits per heavy atom. The number of Topliss-reactive ketones (excluding diaryl/α,β-unsaturated/α-hetero) is 2. The number of anilines is 1. The van der Waals surface area contributed by atoms with Gasteiger partial charge in [-0.1, -0.05) is 77.8 Å². The maximum absolute atomic E-state index is 13.9. The SMILES string of the molecule is CN1C(=O)C(Cc2cccc(Cl)c2Cl)(C2(O)C(=O)c3ccccc3C2=O)c2ccccc21. The van der Waals surface area contributed by atoms with Gasteiger partial charge in [0, 0.05) is 23.9 Å². The summed E-state index contributed by atoms with van der Waals surface area (Å²) < 4.78 is 0. The first kappa shape index (κ1) is 20.9. The van der Waals surface area contributed by atoms with E-state index in [4.69, 9.17) is 23.2 Å². The molecule has 1 unspecified atom stereocenters. The number of carbonyl (C=O) groups excluding carboxylic acids is 3. The van der Waals surface area contributed by atoms with Crippen LogP contribution in [0.15, 0.2) is 66.7 Å². The zero-order valence-corrected chi connectivity index (χ0v) is 18.4. The first-order valence-corrected chi connectivity index (χ1v) is 10.7. The van der Waals surface area contributed by atoms with Crippen molar-refractivity contribution >= 4 is 46.4 Å². The molecule has 0 fully saturated rings. The summed E-state index contributed by atoms with van der Waals surface area (Å²) in [5.41, 5.74) is -3.02. The van der Waals surface area contributed by atoms with Gasteiger partial charge in [-0.3, -0.25) is 14.4 Å². The standard InChI is InChI=1S/C25H17Cl2NO4/c1-28-19-12-5-4-10-17(19)24(23(28)31,13-14-7-6-11-18(26)20(14)27)25(32)21(29)15-8-2-3-9-16(15)22(25)30/h2-12,32H,13H2,1H3. The van der Waals surface area contributed by atoms with E-state index in [0.717, 1.165) is 0 Å². The lowest BCUT2D eigenvalue weighted by Gasteiger charge is -2.39. The molecule has 0 saturated heterocycles. The predicted molar refractivity (Wildman–Crippen MR) is 122 cm³/mol. The number of likely N-dealkylation sites (N-methyl/N-ethyl adjacent to an activating group) is 1. The largest absolute Gasteiger partial charge is 0.373 e. The highest BCUT2D eigenvalue weighted by Gasteiger charge is 2.71. The first-order chi connectivity index (χ1) is 15.2. The summed E-state index contributed by atoms with van der Waals surface area (Å²) >= 11 is 12.7. The van der Waals surface area contributed by atoms with E-state index >= 15 is 0 Å². The van der Waals surface area contributed by atoms with Crippen molar-refractivity contribution in [2.24, 2.45) is 0 Å². The molecule has 1 aliphatic heterocycles. The number of hydrogen-bond acceptors (Lipinski definition) is 4. The Labute approximate surface area is 194 Å². The van der Waals surface area contributed by atoms with Crippen molar-refractivity contribution in [3.8, 4) is 0 Å². The number of carbonyl (C=O) groups is 3. The molecule has 0 bridgehead atoms. The Bertz CT molecular complexity index is 1300. The molecule has 1 heterocycles. The molecular weight excluding hydrogens is 449 g/mol. The van der Waals surface area contributed by atoms with Crippen molar-refractivity contribution < 1.29 is 19.5 Å². The zero-order valence-electron chi connectivity index (χ0n) is 16.9. The van der Waals surface area contributed by atoms with Gasteiger partial charge >= 0.3 is 0 Å². The molecule has 0 aromatic heterocycles. The van der Waals surface area contributed by atoms with Crippen LogP contribution in [0, 0.1) is 0 Å². The number of benzene rings is 3. The van der Waals surface area contributed by atoms with E-state index in [1.54, 1.807) is 61.6 Å². The predicted octanol–water partition coefficient (Wildman–Crippen LogP) is 4.26. The molecule has 0 saturated carbocycles. The fraction of sp³-hybridized carbons (Fsp3) is 0.160. The summed E-state index contributed by atoms with van der Waals surface area (Å²) in [5.74, 6) is -2.16. The van der Waals surface area contributed by atoms with E-state index in [9.17, 15) is 19.5 Å². The number of ketones is 2. The molecule has 32 heavy (non-hydrogen) atoms. The molecule has 2 aliphatic rings. The van der Waals surface area contributed by atoms with Gasteiger partial charge in [-0.2, -0.15) is 0 Å². The lowest BCUT2D eigenvalue weighted by atomic mass is 9.62. The van der Waals surface area contributed by atoms with Crippen LogP contribution < -0.4 is 4.90 Å². The highest BCUT2D eigenvalue weighted by molar-refractivity contribution is 6.42. The number of fused-ring (bicyclic) bond motifs is 2. The first-order valence-electron chi connectivity index (χ1n) is 9.96. The maximum Gasteiger partial charge on any atom is 0.241 e. The van der Waals surface area contributed by atoms with Crippen LogP contribution >= 0.6 is 23.2 Å². The minimum Gasteiger partial charge on any atom is -0.373 e. The molecule has 5 rings (SSSR count).